The van der Waals surface area contributed by atoms with Crippen LogP contribution in [0.25, 0.3) is 0 Å². The highest BCUT2D eigenvalue weighted by Gasteiger charge is 2.25. The molecular formula is C14H22ClN2+. The van der Waals surface area contributed by atoms with Crippen LogP contribution in [0.3, 0.4) is 0 Å². The van der Waals surface area contributed by atoms with Crippen molar-refractivity contribution in [1.29, 1.82) is 0 Å². The van der Waals surface area contributed by atoms with Crippen molar-refractivity contribution in [2.75, 3.05) is 31.1 Å². The third-order valence-corrected chi connectivity index (χ3v) is 3.70. The fourth-order valence-electron chi connectivity index (χ4n) is 2.29. The summed E-state index contributed by atoms with van der Waals surface area (Å²) in [4.78, 5) is 4.99. The monoisotopic (exact) mass is 253 g/mol. The van der Waals surface area contributed by atoms with Crippen molar-refractivity contribution in [3.05, 3.63) is 29.3 Å². The lowest BCUT2D eigenvalue weighted by Gasteiger charge is -2.43. The van der Waals surface area contributed by atoms with Gasteiger partial charge in [-0.15, -0.1) is 0 Å². The van der Waals surface area contributed by atoms with Crippen LogP contribution in [0.15, 0.2) is 24.3 Å². The van der Waals surface area contributed by atoms with Gasteiger partial charge in [0.25, 0.3) is 0 Å². The normalized spacial score (nSPS) is 18.5. The number of nitrogens with zero attached hydrogens (tertiary/aromatic N) is 2. The molecule has 3 heteroatoms. The molecule has 2 rings (SSSR count). The van der Waals surface area contributed by atoms with Gasteiger partial charge in [-0.25, -0.2) is 0 Å². The molecule has 1 heterocycles. The molecule has 0 saturated carbocycles. The van der Waals surface area contributed by atoms with Crippen molar-refractivity contribution in [1.82, 2.24) is 4.90 Å². The first-order chi connectivity index (χ1) is 7.97. The molecule has 0 radical (unpaired) electrons. The third-order valence-electron chi connectivity index (χ3n) is 3.43. The first kappa shape index (κ1) is 12.7. The minimum absolute atomic E-state index is 0.288. The summed E-state index contributed by atoms with van der Waals surface area (Å²) in [7, 11) is 0. The van der Waals surface area contributed by atoms with E-state index in [2.05, 4.69) is 42.7 Å². The van der Waals surface area contributed by atoms with Crippen molar-refractivity contribution in [3.8, 4) is 0 Å². The zero-order valence-electron chi connectivity index (χ0n) is 10.9. The van der Waals surface area contributed by atoms with E-state index in [-0.39, 0.29) is 5.54 Å². The Bertz CT molecular complexity index is 359. The maximum absolute atomic E-state index is 5.11. The van der Waals surface area contributed by atoms with Gasteiger partial charge in [0, 0.05) is 49.5 Å². The molecule has 1 fully saturated rings. The van der Waals surface area contributed by atoms with E-state index in [9.17, 15) is 0 Å². The summed E-state index contributed by atoms with van der Waals surface area (Å²) < 4.78 is 0. The van der Waals surface area contributed by atoms with Gasteiger partial charge in [-0.05, 0) is 32.9 Å². The molecule has 0 aromatic heterocycles. The van der Waals surface area contributed by atoms with Crippen LogP contribution in [-0.2, 0) is 0 Å². The van der Waals surface area contributed by atoms with Crippen molar-refractivity contribution in [3.63, 3.8) is 0 Å². The van der Waals surface area contributed by atoms with E-state index in [1.165, 1.54) is 5.69 Å². The van der Waals surface area contributed by atoms with Crippen LogP contribution in [0, 0.1) is 11.6 Å². The lowest BCUT2D eigenvalue weighted by Crippen LogP contribution is -2.53. The maximum Gasteiger partial charge on any atom is 0.225 e. The highest BCUT2D eigenvalue weighted by Crippen LogP contribution is 2.21. The minimum atomic E-state index is 0.288. The lowest BCUT2D eigenvalue weighted by atomic mass is 10.0. The first-order valence-corrected chi connectivity index (χ1v) is 6.65. The topological polar surface area (TPSA) is 6.48 Å². The minimum Gasteiger partial charge on any atom is -0.369 e. The number of rotatable bonds is 1. The molecule has 0 unspecified atom stereocenters. The number of benzene rings is 1. The smallest absolute Gasteiger partial charge is 0.225 e. The van der Waals surface area contributed by atoms with Gasteiger partial charge in [0.15, 0.2) is 11.6 Å². The quantitative estimate of drug-likeness (QED) is 0.758. The van der Waals surface area contributed by atoms with Crippen molar-refractivity contribution in [2.45, 2.75) is 26.3 Å². The van der Waals surface area contributed by atoms with Gasteiger partial charge in [-0.2, -0.15) is 0 Å². The molecule has 1 aromatic rings. The van der Waals surface area contributed by atoms with Crippen molar-refractivity contribution < 1.29 is 11.6 Å². The van der Waals surface area contributed by atoms with Gasteiger partial charge in [0.05, 0.1) is 0 Å². The summed E-state index contributed by atoms with van der Waals surface area (Å²) in [5.41, 5.74) is 1.59. The van der Waals surface area contributed by atoms with Crippen LogP contribution in [-0.4, -0.2) is 36.6 Å². The third kappa shape index (κ3) is 3.14. The number of anilines is 1. The highest BCUT2D eigenvalue weighted by molar-refractivity contribution is 5.47. The summed E-state index contributed by atoms with van der Waals surface area (Å²) >= 11 is 5.11. The van der Waals surface area contributed by atoms with Crippen LogP contribution in [0.5, 0.6) is 0 Å². The van der Waals surface area contributed by atoms with Crippen molar-refractivity contribution in [2.24, 2.45) is 0 Å². The Morgan fingerprint density at radius 2 is 1.47 bits per heavy atom. The molecule has 1 aliphatic heterocycles. The Morgan fingerprint density at radius 3 is 1.94 bits per heavy atom. The summed E-state index contributed by atoms with van der Waals surface area (Å²) in [6.45, 7) is 11.3. The summed E-state index contributed by atoms with van der Waals surface area (Å²) in [6, 6.07) is 8.30. The molecule has 17 heavy (non-hydrogen) atoms. The van der Waals surface area contributed by atoms with E-state index in [4.69, 9.17) is 11.6 Å². The van der Waals surface area contributed by atoms with Crippen LogP contribution in [0.1, 0.15) is 20.8 Å². The van der Waals surface area contributed by atoms with E-state index < -0.39 is 0 Å². The zero-order valence-corrected chi connectivity index (χ0v) is 11.8. The Labute approximate surface area is 109 Å². The number of halogens is 1. The number of piperazine rings is 1. The van der Waals surface area contributed by atoms with Gasteiger partial charge in [-0.1, -0.05) is 0 Å². The number of hydrogen-bond acceptors (Lipinski definition) is 2. The van der Waals surface area contributed by atoms with Crippen LogP contribution in [0.4, 0.5) is 5.69 Å². The fraction of sp³-hybridized carbons (Fsp3) is 0.571. The first-order valence-electron chi connectivity index (χ1n) is 6.24. The van der Waals surface area contributed by atoms with Gasteiger partial charge in [0.1, 0.15) is 0 Å². The van der Waals surface area contributed by atoms with E-state index >= 15 is 0 Å². The van der Waals surface area contributed by atoms with Gasteiger partial charge < -0.3 is 4.90 Å². The second kappa shape index (κ2) is 4.87. The molecule has 94 valence electrons. The van der Waals surface area contributed by atoms with Gasteiger partial charge in [-0.3, -0.25) is 4.90 Å². The molecular weight excluding hydrogens is 232 g/mol. The molecule has 0 spiro atoms. The van der Waals surface area contributed by atoms with E-state index in [1.54, 1.807) is 0 Å². The average molecular weight is 254 g/mol. The molecule has 1 saturated heterocycles. The Hall–Kier alpha value is -0.730. The predicted molar refractivity (Wildman–Crippen MR) is 70.5 cm³/mol. The van der Waals surface area contributed by atoms with Crippen molar-refractivity contribution >= 4 is 5.69 Å². The molecule has 0 atom stereocenters. The molecule has 0 bridgehead atoms. The molecule has 1 aromatic carbocycles. The largest absolute Gasteiger partial charge is 0.369 e. The molecule has 0 N–H and O–H groups in total. The predicted octanol–water partition coefficient (Wildman–Crippen LogP) is 2.30. The average Bonchev–Trinajstić information content (AvgIpc) is 2.29. The van der Waals surface area contributed by atoms with Crippen LogP contribution >= 0.6 is 0 Å². The number of hydrogen-bond donors (Lipinski definition) is 0. The second-order valence-electron chi connectivity index (χ2n) is 5.64. The summed E-state index contributed by atoms with van der Waals surface area (Å²) in [5, 5.41) is 0.919. The summed E-state index contributed by atoms with van der Waals surface area (Å²) in [5.74, 6) is 0. The summed E-state index contributed by atoms with van der Waals surface area (Å²) in [6.07, 6.45) is 0. The van der Waals surface area contributed by atoms with E-state index in [0.717, 1.165) is 31.2 Å². The molecule has 1 aliphatic rings. The SMILES string of the molecule is CC(C)(C)N1CCN(c2ccc([ClH+])cc2)CC1. The van der Waals surface area contributed by atoms with Crippen LogP contribution < -0.4 is 4.90 Å². The molecule has 0 amide bonds. The molecule has 2 nitrogen and oxygen atoms in total. The molecule has 0 aliphatic carbocycles. The maximum atomic E-state index is 5.11. The zero-order chi connectivity index (χ0) is 12.5. The van der Waals surface area contributed by atoms with E-state index in [0.29, 0.717) is 0 Å². The highest BCUT2D eigenvalue weighted by atomic mass is 35.5. The van der Waals surface area contributed by atoms with Gasteiger partial charge >= 0.3 is 0 Å². The Morgan fingerprint density at radius 1 is 0.941 bits per heavy atom. The van der Waals surface area contributed by atoms with Crippen LogP contribution in [0.2, 0.25) is 5.02 Å². The second-order valence-corrected chi connectivity index (χ2v) is 6.11. The Kier molecular flexibility index (Phi) is 3.64. The fourth-order valence-corrected chi connectivity index (χ4v) is 2.43. The standard InChI is InChI=1S/C14H22ClN2/c1-14(2,3)17-10-8-16(9-11-17)13-6-4-12(15)5-7-13/h4-7,15H,8-11H2,1-3H3/q+1. The van der Waals surface area contributed by atoms with Gasteiger partial charge in [0.2, 0.25) is 5.02 Å². The lowest BCUT2D eigenvalue weighted by molar-refractivity contribution is -0.288. The van der Waals surface area contributed by atoms with E-state index in [1.807, 2.05) is 12.1 Å². The Balaban J connectivity index is 1.97.